The van der Waals surface area contributed by atoms with E-state index in [-0.39, 0.29) is 17.9 Å². The molecule has 0 saturated heterocycles. The zero-order chi connectivity index (χ0) is 14.4. The predicted molar refractivity (Wildman–Crippen MR) is 77.3 cm³/mol. The number of aliphatic hydroxyl groups is 1. The molecular weight excluding hydrogens is 280 g/mol. The van der Waals surface area contributed by atoms with E-state index in [1.54, 1.807) is 0 Å². The fourth-order valence-corrected chi connectivity index (χ4v) is 2.63. The molecule has 112 valence electrons. The first-order valence-electron chi connectivity index (χ1n) is 7.16. The molecule has 1 heterocycles. The van der Waals surface area contributed by atoms with Crippen molar-refractivity contribution in [3.05, 3.63) is 5.28 Å². The van der Waals surface area contributed by atoms with Gasteiger partial charge in [0.05, 0.1) is 13.2 Å². The Morgan fingerprint density at radius 1 is 1.30 bits per heavy atom. The summed E-state index contributed by atoms with van der Waals surface area (Å²) in [5.74, 6) is 0.497. The average molecular weight is 301 g/mol. The molecule has 7 heteroatoms. The first kappa shape index (κ1) is 15.3. The maximum Gasteiger partial charge on any atom is 0.322 e. The number of aromatic nitrogens is 3. The van der Waals surface area contributed by atoms with Crippen molar-refractivity contribution in [1.82, 2.24) is 15.0 Å². The van der Waals surface area contributed by atoms with Crippen molar-refractivity contribution in [1.29, 1.82) is 0 Å². The van der Waals surface area contributed by atoms with E-state index in [2.05, 4.69) is 15.0 Å². The summed E-state index contributed by atoms with van der Waals surface area (Å²) in [4.78, 5) is 14.5. The smallest absolute Gasteiger partial charge is 0.322 e. The highest BCUT2D eigenvalue weighted by atomic mass is 35.5. The van der Waals surface area contributed by atoms with Crippen LogP contribution in [0.25, 0.3) is 0 Å². The highest BCUT2D eigenvalue weighted by Gasteiger charge is 2.25. The summed E-state index contributed by atoms with van der Waals surface area (Å²) in [5.41, 5.74) is 0. The van der Waals surface area contributed by atoms with Crippen LogP contribution in [0.1, 0.15) is 39.0 Å². The molecule has 2 rings (SSSR count). The summed E-state index contributed by atoms with van der Waals surface area (Å²) in [5, 5.41) is 9.39. The first-order valence-corrected chi connectivity index (χ1v) is 7.54. The maximum atomic E-state index is 9.26. The standard InChI is InChI=1S/C13H21ClN4O2/c1-2-9-20-13-16-11(14)15-12(17-13)18(7-8-19)10-5-3-4-6-10/h10,19H,2-9H2,1H3. The van der Waals surface area contributed by atoms with E-state index in [4.69, 9.17) is 16.3 Å². The molecule has 1 saturated carbocycles. The fraction of sp³-hybridized carbons (Fsp3) is 0.769. The fourth-order valence-electron chi connectivity index (χ4n) is 2.48. The highest BCUT2D eigenvalue weighted by molar-refractivity contribution is 6.28. The summed E-state index contributed by atoms with van der Waals surface area (Å²) >= 11 is 5.95. The second kappa shape index (κ2) is 7.59. The molecule has 1 aromatic heterocycles. The van der Waals surface area contributed by atoms with Crippen LogP contribution in [0.2, 0.25) is 5.28 Å². The van der Waals surface area contributed by atoms with E-state index in [0.29, 0.717) is 25.1 Å². The molecule has 0 aromatic carbocycles. The van der Waals surface area contributed by atoms with E-state index in [0.717, 1.165) is 19.3 Å². The Morgan fingerprint density at radius 3 is 2.70 bits per heavy atom. The molecule has 0 bridgehead atoms. The Morgan fingerprint density at radius 2 is 2.05 bits per heavy atom. The van der Waals surface area contributed by atoms with Crippen molar-refractivity contribution in [3.63, 3.8) is 0 Å². The minimum absolute atomic E-state index is 0.0605. The monoisotopic (exact) mass is 300 g/mol. The largest absolute Gasteiger partial charge is 0.463 e. The van der Waals surface area contributed by atoms with E-state index < -0.39 is 0 Å². The molecule has 1 aromatic rings. The molecule has 0 spiro atoms. The van der Waals surface area contributed by atoms with Gasteiger partial charge in [0.1, 0.15) is 0 Å². The average Bonchev–Trinajstić information content (AvgIpc) is 2.95. The quantitative estimate of drug-likeness (QED) is 0.831. The molecule has 0 aliphatic heterocycles. The lowest BCUT2D eigenvalue weighted by Gasteiger charge is -2.28. The molecule has 1 aliphatic rings. The summed E-state index contributed by atoms with van der Waals surface area (Å²) in [6.45, 7) is 3.12. The molecule has 6 nitrogen and oxygen atoms in total. The molecule has 0 atom stereocenters. The van der Waals surface area contributed by atoms with Gasteiger partial charge in [-0.1, -0.05) is 19.8 Å². The van der Waals surface area contributed by atoms with Crippen molar-refractivity contribution in [2.75, 3.05) is 24.7 Å². The number of rotatable bonds is 7. The predicted octanol–water partition coefficient (Wildman–Crippen LogP) is 2.06. The maximum absolute atomic E-state index is 9.26. The van der Waals surface area contributed by atoms with Gasteiger partial charge in [-0.3, -0.25) is 0 Å². The number of anilines is 1. The SMILES string of the molecule is CCCOc1nc(Cl)nc(N(CCO)C2CCCC2)n1. The number of hydrogen-bond donors (Lipinski definition) is 1. The van der Waals surface area contributed by atoms with Crippen LogP contribution in [0.3, 0.4) is 0 Å². The number of halogens is 1. The molecule has 1 aliphatic carbocycles. The summed E-state index contributed by atoms with van der Waals surface area (Å²) in [6, 6.07) is 0.613. The second-order valence-corrected chi connectivity index (χ2v) is 5.23. The van der Waals surface area contributed by atoms with Gasteiger partial charge in [0.15, 0.2) is 0 Å². The third-order valence-electron chi connectivity index (χ3n) is 3.37. The van der Waals surface area contributed by atoms with Crippen molar-refractivity contribution < 1.29 is 9.84 Å². The van der Waals surface area contributed by atoms with Gasteiger partial charge < -0.3 is 14.7 Å². The highest BCUT2D eigenvalue weighted by Crippen LogP contribution is 2.27. The van der Waals surface area contributed by atoms with Crippen LogP contribution < -0.4 is 9.64 Å². The van der Waals surface area contributed by atoms with Crippen molar-refractivity contribution in [2.45, 2.75) is 45.1 Å². The van der Waals surface area contributed by atoms with E-state index in [9.17, 15) is 5.11 Å². The first-order chi connectivity index (χ1) is 9.74. The van der Waals surface area contributed by atoms with Crippen LogP contribution >= 0.6 is 11.6 Å². The zero-order valence-electron chi connectivity index (χ0n) is 11.8. The van der Waals surface area contributed by atoms with Gasteiger partial charge in [0.25, 0.3) is 0 Å². The van der Waals surface area contributed by atoms with Crippen LogP contribution in [-0.4, -0.2) is 45.9 Å². The van der Waals surface area contributed by atoms with Gasteiger partial charge in [0.2, 0.25) is 11.2 Å². The minimum atomic E-state index is 0.0605. The lowest BCUT2D eigenvalue weighted by molar-refractivity contribution is 0.287. The van der Waals surface area contributed by atoms with Gasteiger partial charge in [-0.25, -0.2) is 0 Å². The van der Waals surface area contributed by atoms with Crippen LogP contribution in [0, 0.1) is 0 Å². The second-order valence-electron chi connectivity index (χ2n) is 4.89. The lowest BCUT2D eigenvalue weighted by Crippen LogP contribution is -2.37. The summed E-state index contributed by atoms with van der Waals surface area (Å²) in [7, 11) is 0. The Hall–Kier alpha value is -1.14. The van der Waals surface area contributed by atoms with Gasteiger partial charge in [-0.2, -0.15) is 15.0 Å². The number of nitrogens with zero attached hydrogens (tertiary/aromatic N) is 4. The summed E-state index contributed by atoms with van der Waals surface area (Å²) in [6.07, 6.45) is 5.46. The lowest BCUT2D eigenvalue weighted by atomic mass is 10.2. The molecule has 1 N–H and O–H groups in total. The van der Waals surface area contributed by atoms with Crippen LogP contribution in [0.5, 0.6) is 6.01 Å². The van der Waals surface area contributed by atoms with Gasteiger partial charge in [0, 0.05) is 12.6 Å². The van der Waals surface area contributed by atoms with E-state index >= 15 is 0 Å². The third kappa shape index (κ3) is 3.93. The topological polar surface area (TPSA) is 71.4 Å². The minimum Gasteiger partial charge on any atom is -0.463 e. The van der Waals surface area contributed by atoms with Crippen molar-refractivity contribution in [2.24, 2.45) is 0 Å². The molecule has 0 radical (unpaired) electrons. The van der Waals surface area contributed by atoms with Gasteiger partial charge in [-0.05, 0) is 30.9 Å². The molecule has 20 heavy (non-hydrogen) atoms. The Kier molecular flexibility index (Phi) is 5.79. The molecule has 0 amide bonds. The van der Waals surface area contributed by atoms with E-state index in [1.807, 2.05) is 11.8 Å². The van der Waals surface area contributed by atoms with E-state index in [1.165, 1.54) is 12.8 Å². The van der Waals surface area contributed by atoms with Gasteiger partial charge >= 0.3 is 6.01 Å². The molecule has 0 unspecified atom stereocenters. The van der Waals surface area contributed by atoms with Crippen LogP contribution in [-0.2, 0) is 0 Å². The molecule has 1 fully saturated rings. The normalized spacial score (nSPS) is 15.6. The Labute approximate surface area is 124 Å². The Balaban J connectivity index is 2.19. The van der Waals surface area contributed by atoms with Crippen molar-refractivity contribution in [3.8, 4) is 6.01 Å². The number of hydrogen-bond acceptors (Lipinski definition) is 6. The molecular formula is C13H21ClN4O2. The van der Waals surface area contributed by atoms with Crippen LogP contribution in [0.4, 0.5) is 5.95 Å². The summed E-state index contributed by atoms with van der Waals surface area (Å²) < 4.78 is 5.43. The van der Waals surface area contributed by atoms with Crippen LogP contribution in [0.15, 0.2) is 0 Å². The number of ether oxygens (including phenoxy) is 1. The zero-order valence-corrected chi connectivity index (χ0v) is 12.5. The van der Waals surface area contributed by atoms with Gasteiger partial charge in [-0.15, -0.1) is 0 Å². The van der Waals surface area contributed by atoms with Crippen molar-refractivity contribution >= 4 is 17.5 Å². The Bertz CT molecular complexity index is 427. The third-order valence-corrected chi connectivity index (χ3v) is 3.54. The number of aliphatic hydroxyl groups excluding tert-OH is 1.